The number of nitrogens with one attached hydrogen (secondary N) is 1. The highest BCUT2D eigenvalue weighted by Crippen LogP contribution is 2.29. The van der Waals surface area contributed by atoms with Gasteiger partial charge >= 0.3 is 5.97 Å². The van der Waals surface area contributed by atoms with Crippen LogP contribution in [0.2, 0.25) is 10.0 Å². The number of hydrogen-bond acceptors (Lipinski definition) is 10. The van der Waals surface area contributed by atoms with E-state index in [1.54, 1.807) is 12.1 Å². The lowest BCUT2D eigenvalue weighted by atomic mass is 10.2. The van der Waals surface area contributed by atoms with Gasteiger partial charge in [-0.1, -0.05) is 52.4 Å². The van der Waals surface area contributed by atoms with Gasteiger partial charge in [0.15, 0.2) is 4.34 Å². The minimum Gasteiger partial charge on any atom is -0.464 e. The van der Waals surface area contributed by atoms with E-state index in [2.05, 4.69) is 15.5 Å². The van der Waals surface area contributed by atoms with Gasteiger partial charge in [-0.3, -0.25) is 14.9 Å². The number of aromatic nitrogens is 2. The van der Waals surface area contributed by atoms with Crippen molar-refractivity contribution in [2.24, 2.45) is 0 Å². The highest BCUT2D eigenvalue weighted by atomic mass is 35.5. The Bertz CT molecular complexity index is 1370. The number of rotatable bonds is 7. The Hall–Kier alpha value is -2.70. The number of esters is 1. The summed E-state index contributed by atoms with van der Waals surface area (Å²) in [4.78, 5) is 37.3. The van der Waals surface area contributed by atoms with E-state index in [9.17, 15) is 14.4 Å². The summed E-state index contributed by atoms with van der Waals surface area (Å²) in [5.74, 6) is -0.753. The van der Waals surface area contributed by atoms with Crippen molar-refractivity contribution in [3.63, 3.8) is 0 Å². The molecule has 168 valence electrons. The fourth-order valence-corrected chi connectivity index (χ4v) is 5.04. The SMILES string of the molecule is O=C(Nc1nnc(SCc2cc(=O)c(OC(=O)c3cc(Cl)ccc3Cl)co2)s1)c1cccs1. The zero-order valence-electron chi connectivity index (χ0n) is 16.2. The number of nitrogens with zero attached hydrogens (tertiary/aromatic N) is 2. The van der Waals surface area contributed by atoms with E-state index < -0.39 is 11.4 Å². The first-order valence-corrected chi connectivity index (χ1v) is 12.4. The molecular formula is C20H11Cl2N3O5S3. The Morgan fingerprint density at radius 2 is 2.03 bits per heavy atom. The first-order chi connectivity index (χ1) is 15.9. The highest BCUT2D eigenvalue weighted by molar-refractivity contribution is 8.00. The molecule has 0 saturated heterocycles. The summed E-state index contributed by atoms with van der Waals surface area (Å²) in [6.45, 7) is 0. The quantitative estimate of drug-likeness (QED) is 0.183. The fraction of sp³-hybridized carbons (Fsp3) is 0.0500. The van der Waals surface area contributed by atoms with Crippen molar-refractivity contribution in [1.29, 1.82) is 0 Å². The summed E-state index contributed by atoms with van der Waals surface area (Å²) >= 11 is 15.6. The summed E-state index contributed by atoms with van der Waals surface area (Å²) in [5.41, 5.74) is -0.508. The van der Waals surface area contributed by atoms with Crippen LogP contribution >= 0.6 is 57.6 Å². The van der Waals surface area contributed by atoms with Crippen LogP contribution in [0.3, 0.4) is 0 Å². The fourth-order valence-electron chi connectivity index (χ4n) is 2.42. The molecule has 8 nitrogen and oxygen atoms in total. The number of thiophene rings is 1. The first-order valence-electron chi connectivity index (χ1n) is 8.99. The Kier molecular flexibility index (Phi) is 7.46. The van der Waals surface area contributed by atoms with Crippen LogP contribution < -0.4 is 15.5 Å². The van der Waals surface area contributed by atoms with Crippen LogP contribution in [0.15, 0.2) is 61.6 Å². The van der Waals surface area contributed by atoms with E-state index in [-0.39, 0.29) is 28.0 Å². The summed E-state index contributed by atoms with van der Waals surface area (Å²) in [6, 6.07) is 9.04. The van der Waals surface area contributed by atoms with Crippen LogP contribution in [0.1, 0.15) is 25.8 Å². The second-order valence-corrected chi connectivity index (χ2v) is 10.2. The van der Waals surface area contributed by atoms with Crippen molar-refractivity contribution in [2.45, 2.75) is 10.1 Å². The molecule has 0 aliphatic rings. The van der Waals surface area contributed by atoms with Gasteiger partial charge in [-0.2, -0.15) is 0 Å². The molecule has 0 unspecified atom stereocenters. The average Bonchev–Trinajstić information content (AvgIpc) is 3.48. The van der Waals surface area contributed by atoms with Crippen LogP contribution in [-0.4, -0.2) is 22.1 Å². The summed E-state index contributed by atoms with van der Waals surface area (Å²) < 4.78 is 11.1. The molecule has 0 spiro atoms. The molecular weight excluding hydrogens is 529 g/mol. The summed E-state index contributed by atoms with van der Waals surface area (Å²) in [5, 5.41) is 13.2. The number of halogens is 2. The van der Waals surface area contributed by atoms with Gasteiger partial charge in [0.05, 0.1) is 21.2 Å². The van der Waals surface area contributed by atoms with E-state index >= 15 is 0 Å². The minimum absolute atomic E-state index is 0.0291. The van der Waals surface area contributed by atoms with Gasteiger partial charge in [0.2, 0.25) is 16.3 Å². The molecule has 1 aromatic carbocycles. The number of ether oxygens (including phenoxy) is 1. The molecule has 0 saturated carbocycles. The maximum Gasteiger partial charge on any atom is 0.345 e. The number of hydrogen-bond donors (Lipinski definition) is 1. The zero-order chi connectivity index (χ0) is 23.4. The second-order valence-electron chi connectivity index (χ2n) is 6.18. The molecule has 4 rings (SSSR count). The Morgan fingerprint density at radius 1 is 1.18 bits per heavy atom. The molecule has 0 bridgehead atoms. The van der Waals surface area contributed by atoms with Gasteiger partial charge in [-0.05, 0) is 29.6 Å². The predicted molar refractivity (Wildman–Crippen MR) is 128 cm³/mol. The van der Waals surface area contributed by atoms with Gasteiger partial charge in [0.1, 0.15) is 12.0 Å². The third-order valence-corrected chi connectivity index (χ3v) is 7.34. The van der Waals surface area contributed by atoms with Gasteiger partial charge in [-0.25, -0.2) is 4.79 Å². The molecule has 4 aromatic rings. The predicted octanol–water partition coefficient (Wildman–Crippen LogP) is 5.62. The number of anilines is 1. The van der Waals surface area contributed by atoms with Gasteiger partial charge in [-0.15, -0.1) is 21.5 Å². The van der Waals surface area contributed by atoms with E-state index in [1.807, 2.05) is 5.38 Å². The average molecular weight is 540 g/mol. The second kappa shape index (κ2) is 10.5. The summed E-state index contributed by atoms with van der Waals surface area (Å²) in [7, 11) is 0. The smallest absolute Gasteiger partial charge is 0.345 e. The van der Waals surface area contributed by atoms with E-state index in [0.29, 0.717) is 25.1 Å². The molecule has 1 N–H and O–H groups in total. The van der Waals surface area contributed by atoms with Gasteiger partial charge in [0, 0.05) is 11.1 Å². The van der Waals surface area contributed by atoms with Gasteiger partial charge in [0.25, 0.3) is 5.91 Å². The normalized spacial score (nSPS) is 10.7. The Labute approximate surface area is 208 Å². The molecule has 0 radical (unpaired) electrons. The third kappa shape index (κ3) is 6.01. The number of carbonyl (C=O) groups is 2. The topological polar surface area (TPSA) is 111 Å². The lowest BCUT2D eigenvalue weighted by molar-refractivity contribution is 0.0728. The van der Waals surface area contributed by atoms with Crippen molar-refractivity contribution in [3.05, 3.63) is 84.5 Å². The molecule has 0 atom stereocenters. The van der Waals surface area contributed by atoms with Crippen LogP contribution in [0.4, 0.5) is 5.13 Å². The van der Waals surface area contributed by atoms with Crippen molar-refractivity contribution in [1.82, 2.24) is 10.2 Å². The van der Waals surface area contributed by atoms with E-state index in [0.717, 1.165) is 6.26 Å². The molecule has 0 aliphatic heterocycles. The molecule has 1 amide bonds. The number of benzene rings is 1. The maximum absolute atomic E-state index is 12.3. The van der Waals surface area contributed by atoms with Crippen LogP contribution in [-0.2, 0) is 5.75 Å². The van der Waals surface area contributed by atoms with Gasteiger partial charge < -0.3 is 9.15 Å². The highest BCUT2D eigenvalue weighted by Gasteiger charge is 2.17. The molecule has 3 aromatic heterocycles. The van der Waals surface area contributed by atoms with Crippen LogP contribution in [0, 0.1) is 0 Å². The monoisotopic (exact) mass is 539 g/mol. The van der Waals surface area contributed by atoms with Crippen molar-refractivity contribution < 1.29 is 18.7 Å². The van der Waals surface area contributed by atoms with E-state index in [4.69, 9.17) is 32.4 Å². The standard InChI is InChI=1S/C20H11Cl2N3O5S3/c21-10-3-4-13(22)12(6-10)18(28)30-15-8-29-11(7-14(15)26)9-32-20-25-24-19(33-20)23-17(27)16-2-1-5-31-16/h1-8H,9H2,(H,23,24,27). The first kappa shape index (κ1) is 23.5. The van der Waals surface area contributed by atoms with Crippen molar-refractivity contribution >= 4 is 74.6 Å². The Balaban J connectivity index is 1.35. The number of carbonyl (C=O) groups excluding carboxylic acids is 2. The maximum atomic E-state index is 12.3. The van der Waals surface area contributed by atoms with Crippen molar-refractivity contribution in [3.8, 4) is 5.75 Å². The number of thioether (sulfide) groups is 1. The lowest BCUT2D eigenvalue weighted by Gasteiger charge is -2.06. The lowest BCUT2D eigenvalue weighted by Crippen LogP contribution is -2.15. The summed E-state index contributed by atoms with van der Waals surface area (Å²) in [6.07, 6.45) is 1.06. The number of amides is 1. The van der Waals surface area contributed by atoms with Crippen LogP contribution in [0.5, 0.6) is 5.75 Å². The van der Waals surface area contributed by atoms with Crippen LogP contribution in [0.25, 0.3) is 0 Å². The molecule has 33 heavy (non-hydrogen) atoms. The largest absolute Gasteiger partial charge is 0.464 e. The third-order valence-electron chi connectivity index (χ3n) is 3.91. The minimum atomic E-state index is -0.831. The molecule has 13 heteroatoms. The van der Waals surface area contributed by atoms with E-state index in [1.165, 1.54) is 58.7 Å². The molecule has 0 aliphatic carbocycles. The zero-order valence-corrected chi connectivity index (χ0v) is 20.2. The Morgan fingerprint density at radius 3 is 2.79 bits per heavy atom. The molecule has 0 fully saturated rings. The van der Waals surface area contributed by atoms with Crippen molar-refractivity contribution in [2.75, 3.05) is 5.32 Å². The molecule has 3 heterocycles.